The van der Waals surface area contributed by atoms with E-state index in [0.29, 0.717) is 12.6 Å². The zero-order valence-electron chi connectivity index (χ0n) is 6.42. The molecule has 1 fully saturated rings. The molecule has 1 unspecified atom stereocenters. The molecule has 2 nitrogen and oxygen atoms in total. The second-order valence-corrected chi connectivity index (χ2v) is 3.90. The summed E-state index contributed by atoms with van der Waals surface area (Å²) >= 11 is 2.00. The zero-order chi connectivity index (χ0) is 7.40. The lowest BCUT2D eigenvalue weighted by atomic mass is 10.3. The lowest BCUT2D eigenvalue weighted by molar-refractivity contribution is 0.145. The molecule has 0 aromatic carbocycles. The number of aliphatic hydroxyl groups excluding tert-OH is 1. The van der Waals surface area contributed by atoms with Crippen LogP contribution in [0.2, 0.25) is 0 Å². The largest absolute Gasteiger partial charge is 0.395 e. The molecule has 1 N–H and O–H groups in total. The van der Waals surface area contributed by atoms with Crippen molar-refractivity contribution in [2.24, 2.45) is 0 Å². The van der Waals surface area contributed by atoms with Crippen LogP contribution in [0.15, 0.2) is 0 Å². The van der Waals surface area contributed by atoms with E-state index in [1.165, 1.54) is 11.5 Å². The average Bonchev–Trinajstić information content (AvgIpc) is 2.05. The van der Waals surface area contributed by atoms with Gasteiger partial charge in [0, 0.05) is 30.6 Å². The Labute approximate surface area is 66.6 Å². The Morgan fingerprint density at radius 2 is 2.10 bits per heavy atom. The topological polar surface area (TPSA) is 23.5 Å². The van der Waals surface area contributed by atoms with Crippen molar-refractivity contribution in [2.45, 2.75) is 13.0 Å². The fourth-order valence-corrected chi connectivity index (χ4v) is 2.07. The number of hydrogen-bond acceptors (Lipinski definition) is 3. The summed E-state index contributed by atoms with van der Waals surface area (Å²) in [6, 6.07) is 0.362. The highest BCUT2D eigenvalue weighted by Crippen LogP contribution is 2.11. The van der Waals surface area contributed by atoms with E-state index in [1.807, 2.05) is 11.8 Å². The summed E-state index contributed by atoms with van der Waals surface area (Å²) in [5.41, 5.74) is 0. The summed E-state index contributed by atoms with van der Waals surface area (Å²) in [4.78, 5) is 2.34. The van der Waals surface area contributed by atoms with E-state index in [4.69, 9.17) is 5.11 Å². The van der Waals surface area contributed by atoms with Crippen LogP contribution in [0.4, 0.5) is 0 Å². The van der Waals surface area contributed by atoms with Crippen LogP contribution < -0.4 is 0 Å². The van der Waals surface area contributed by atoms with Crippen LogP contribution >= 0.6 is 11.8 Å². The van der Waals surface area contributed by atoms with Crippen LogP contribution in [0.5, 0.6) is 0 Å². The van der Waals surface area contributed by atoms with Crippen LogP contribution in [-0.2, 0) is 0 Å². The maximum atomic E-state index is 8.84. The highest BCUT2D eigenvalue weighted by atomic mass is 32.2. The average molecular weight is 161 g/mol. The predicted molar refractivity (Wildman–Crippen MR) is 45.4 cm³/mol. The molecule has 1 rings (SSSR count). The Balaban J connectivity index is 2.24. The van der Waals surface area contributed by atoms with Gasteiger partial charge >= 0.3 is 0 Å². The standard InChI is InChI=1S/C7H15NOS/c1-7(6-9)8-2-4-10-5-3-8/h7,9H,2-6H2,1H3. The molecular weight excluding hydrogens is 146 g/mol. The molecule has 0 bridgehead atoms. The number of aliphatic hydroxyl groups is 1. The van der Waals surface area contributed by atoms with Crippen molar-refractivity contribution < 1.29 is 5.11 Å². The summed E-state index contributed by atoms with van der Waals surface area (Å²) in [5.74, 6) is 2.45. The first-order valence-corrected chi connectivity index (χ1v) is 4.92. The first-order chi connectivity index (χ1) is 4.84. The number of nitrogens with zero attached hydrogens (tertiary/aromatic N) is 1. The van der Waals surface area contributed by atoms with Crippen molar-refractivity contribution >= 4 is 11.8 Å². The molecule has 1 saturated heterocycles. The van der Waals surface area contributed by atoms with Crippen LogP contribution in [0.1, 0.15) is 6.92 Å². The quantitative estimate of drug-likeness (QED) is 0.635. The molecule has 1 heterocycles. The Bertz CT molecular complexity index is 93.6. The molecule has 0 radical (unpaired) electrons. The van der Waals surface area contributed by atoms with Gasteiger partial charge in [0.05, 0.1) is 6.61 Å². The summed E-state index contributed by atoms with van der Waals surface area (Å²) in [7, 11) is 0. The van der Waals surface area contributed by atoms with Gasteiger partial charge in [-0.15, -0.1) is 0 Å². The molecule has 1 aliphatic rings. The molecule has 0 aliphatic carbocycles. The van der Waals surface area contributed by atoms with E-state index in [0.717, 1.165) is 13.1 Å². The summed E-state index contributed by atoms with van der Waals surface area (Å²) in [6.45, 7) is 4.67. The third kappa shape index (κ3) is 2.15. The van der Waals surface area contributed by atoms with Gasteiger partial charge in [-0.2, -0.15) is 11.8 Å². The molecule has 60 valence electrons. The first-order valence-electron chi connectivity index (χ1n) is 3.77. The molecule has 3 heteroatoms. The van der Waals surface area contributed by atoms with Crippen molar-refractivity contribution in [3.63, 3.8) is 0 Å². The van der Waals surface area contributed by atoms with Crippen molar-refractivity contribution in [3.8, 4) is 0 Å². The van der Waals surface area contributed by atoms with E-state index in [9.17, 15) is 0 Å². The maximum absolute atomic E-state index is 8.84. The highest BCUT2D eigenvalue weighted by molar-refractivity contribution is 7.99. The minimum absolute atomic E-state index is 0.296. The van der Waals surface area contributed by atoms with Crippen LogP contribution in [0.25, 0.3) is 0 Å². The van der Waals surface area contributed by atoms with Gasteiger partial charge in [-0.05, 0) is 6.92 Å². The van der Waals surface area contributed by atoms with E-state index in [1.54, 1.807) is 0 Å². The number of rotatable bonds is 2. The molecule has 10 heavy (non-hydrogen) atoms. The molecule has 0 spiro atoms. The van der Waals surface area contributed by atoms with Crippen LogP contribution in [0.3, 0.4) is 0 Å². The van der Waals surface area contributed by atoms with Gasteiger partial charge in [-0.1, -0.05) is 0 Å². The van der Waals surface area contributed by atoms with E-state index in [2.05, 4.69) is 11.8 Å². The normalized spacial score (nSPS) is 24.6. The molecule has 0 saturated carbocycles. The zero-order valence-corrected chi connectivity index (χ0v) is 7.23. The monoisotopic (exact) mass is 161 g/mol. The smallest absolute Gasteiger partial charge is 0.0584 e. The van der Waals surface area contributed by atoms with Gasteiger partial charge in [0.25, 0.3) is 0 Å². The third-order valence-corrected chi connectivity index (χ3v) is 2.88. The van der Waals surface area contributed by atoms with Crippen molar-refractivity contribution in [1.82, 2.24) is 4.90 Å². The van der Waals surface area contributed by atoms with E-state index in [-0.39, 0.29) is 0 Å². The minimum atomic E-state index is 0.296. The Hall–Kier alpha value is 0.270. The first kappa shape index (κ1) is 8.37. The van der Waals surface area contributed by atoms with E-state index >= 15 is 0 Å². The lowest BCUT2D eigenvalue weighted by Gasteiger charge is -2.30. The Kier molecular flexibility index (Phi) is 3.52. The predicted octanol–water partition coefficient (Wildman–Crippen LogP) is 0.416. The fourth-order valence-electron chi connectivity index (χ4n) is 1.13. The molecule has 1 aliphatic heterocycles. The highest BCUT2D eigenvalue weighted by Gasteiger charge is 2.15. The molecule has 1 atom stereocenters. The van der Waals surface area contributed by atoms with Gasteiger partial charge in [0.15, 0.2) is 0 Å². The van der Waals surface area contributed by atoms with Gasteiger partial charge in [0.2, 0.25) is 0 Å². The van der Waals surface area contributed by atoms with Gasteiger partial charge in [0.1, 0.15) is 0 Å². The van der Waals surface area contributed by atoms with Crippen LogP contribution in [-0.4, -0.2) is 47.3 Å². The van der Waals surface area contributed by atoms with Crippen molar-refractivity contribution in [1.29, 1.82) is 0 Å². The molecule has 0 aromatic heterocycles. The maximum Gasteiger partial charge on any atom is 0.0584 e. The summed E-state index contributed by atoms with van der Waals surface area (Å²) in [6.07, 6.45) is 0. The van der Waals surface area contributed by atoms with Gasteiger partial charge in [-0.25, -0.2) is 0 Å². The number of thioether (sulfide) groups is 1. The van der Waals surface area contributed by atoms with Crippen molar-refractivity contribution in [2.75, 3.05) is 31.2 Å². The second kappa shape index (κ2) is 4.21. The molecule has 0 aromatic rings. The Morgan fingerprint density at radius 1 is 1.50 bits per heavy atom. The van der Waals surface area contributed by atoms with Crippen molar-refractivity contribution in [3.05, 3.63) is 0 Å². The van der Waals surface area contributed by atoms with Gasteiger partial charge < -0.3 is 5.11 Å². The molecule has 0 amide bonds. The van der Waals surface area contributed by atoms with E-state index < -0.39 is 0 Å². The molecular formula is C7H15NOS. The summed E-state index contributed by atoms with van der Waals surface area (Å²) < 4.78 is 0. The second-order valence-electron chi connectivity index (χ2n) is 2.68. The fraction of sp³-hybridized carbons (Fsp3) is 1.00. The third-order valence-electron chi connectivity index (χ3n) is 1.93. The minimum Gasteiger partial charge on any atom is -0.395 e. The Morgan fingerprint density at radius 3 is 2.60 bits per heavy atom. The van der Waals surface area contributed by atoms with Crippen LogP contribution in [0, 0.1) is 0 Å². The summed E-state index contributed by atoms with van der Waals surface area (Å²) in [5, 5.41) is 8.84. The SMILES string of the molecule is CC(CO)N1CCSCC1. The lowest BCUT2D eigenvalue weighted by Crippen LogP contribution is -2.41. The number of hydrogen-bond donors (Lipinski definition) is 1. The van der Waals surface area contributed by atoms with Gasteiger partial charge in [-0.3, -0.25) is 4.90 Å².